The number of hydrogen-bond donors (Lipinski definition) is 1. The summed E-state index contributed by atoms with van der Waals surface area (Å²) in [4.78, 5) is 4.41. The molecular weight excluding hydrogens is 190 g/mol. The SMILES string of the molecule is CC[C@H](C)[C@H](N)c1nc(C2(C)CC2)no1. The van der Waals surface area contributed by atoms with Crippen LogP contribution in [-0.2, 0) is 5.41 Å². The summed E-state index contributed by atoms with van der Waals surface area (Å²) in [5, 5.41) is 4.02. The second kappa shape index (κ2) is 3.59. The van der Waals surface area contributed by atoms with E-state index >= 15 is 0 Å². The van der Waals surface area contributed by atoms with Gasteiger partial charge in [-0.2, -0.15) is 4.98 Å². The molecule has 4 nitrogen and oxygen atoms in total. The highest BCUT2D eigenvalue weighted by Gasteiger charge is 2.43. The Kier molecular flexibility index (Phi) is 2.54. The average Bonchev–Trinajstić information content (AvgIpc) is 2.83. The first kappa shape index (κ1) is 10.6. The van der Waals surface area contributed by atoms with Crippen LogP contribution in [-0.4, -0.2) is 10.1 Å². The van der Waals surface area contributed by atoms with Crippen LogP contribution in [0.15, 0.2) is 4.52 Å². The fraction of sp³-hybridized carbons (Fsp3) is 0.818. The molecule has 1 aromatic heterocycles. The maximum atomic E-state index is 6.03. The van der Waals surface area contributed by atoms with E-state index in [0.29, 0.717) is 11.8 Å². The summed E-state index contributed by atoms with van der Waals surface area (Å²) in [6.07, 6.45) is 3.34. The Morgan fingerprint density at radius 3 is 2.73 bits per heavy atom. The highest BCUT2D eigenvalue weighted by atomic mass is 16.5. The predicted octanol–water partition coefficient (Wildman–Crippen LogP) is 2.17. The van der Waals surface area contributed by atoms with Crippen LogP contribution in [0.2, 0.25) is 0 Å². The molecule has 2 atom stereocenters. The molecule has 2 N–H and O–H groups in total. The maximum absolute atomic E-state index is 6.03. The van der Waals surface area contributed by atoms with Gasteiger partial charge in [-0.1, -0.05) is 32.3 Å². The van der Waals surface area contributed by atoms with E-state index in [9.17, 15) is 0 Å². The molecule has 0 spiro atoms. The Morgan fingerprint density at radius 1 is 1.53 bits per heavy atom. The molecule has 1 aliphatic rings. The van der Waals surface area contributed by atoms with Crippen molar-refractivity contribution in [2.75, 3.05) is 0 Å². The second-order valence-electron chi connectivity index (χ2n) is 4.93. The van der Waals surface area contributed by atoms with E-state index in [1.165, 1.54) is 0 Å². The van der Waals surface area contributed by atoms with Crippen LogP contribution in [0.1, 0.15) is 57.8 Å². The van der Waals surface area contributed by atoms with Gasteiger partial charge in [-0.25, -0.2) is 0 Å². The van der Waals surface area contributed by atoms with Gasteiger partial charge in [0.15, 0.2) is 5.82 Å². The number of nitrogens with two attached hydrogens (primary N) is 1. The van der Waals surface area contributed by atoms with E-state index in [2.05, 4.69) is 30.9 Å². The number of nitrogens with zero attached hydrogens (tertiary/aromatic N) is 2. The van der Waals surface area contributed by atoms with Crippen LogP contribution in [0.4, 0.5) is 0 Å². The molecule has 1 heterocycles. The topological polar surface area (TPSA) is 64.9 Å². The molecule has 0 unspecified atom stereocenters. The van der Waals surface area contributed by atoms with E-state index in [4.69, 9.17) is 10.3 Å². The maximum Gasteiger partial charge on any atom is 0.243 e. The number of hydrogen-bond acceptors (Lipinski definition) is 4. The van der Waals surface area contributed by atoms with Gasteiger partial charge < -0.3 is 10.3 Å². The summed E-state index contributed by atoms with van der Waals surface area (Å²) in [7, 11) is 0. The lowest BCUT2D eigenvalue weighted by Crippen LogP contribution is -2.19. The Bertz CT molecular complexity index is 343. The molecule has 0 radical (unpaired) electrons. The van der Waals surface area contributed by atoms with Gasteiger partial charge in [0.2, 0.25) is 5.89 Å². The first-order valence-corrected chi connectivity index (χ1v) is 5.66. The van der Waals surface area contributed by atoms with Crippen molar-refractivity contribution in [2.24, 2.45) is 11.7 Å². The van der Waals surface area contributed by atoms with Crippen LogP contribution in [0.5, 0.6) is 0 Å². The lowest BCUT2D eigenvalue weighted by molar-refractivity contribution is 0.309. The molecular formula is C11H19N3O. The van der Waals surface area contributed by atoms with Crippen molar-refractivity contribution in [2.45, 2.75) is 51.5 Å². The molecule has 0 aromatic carbocycles. The fourth-order valence-corrected chi connectivity index (χ4v) is 1.52. The van der Waals surface area contributed by atoms with Crippen molar-refractivity contribution in [3.05, 3.63) is 11.7 Å². The molecule has 1 fully saturated rings. The van der Waals surface area contributed by atoms with Crippen LogP contribution >= 0.6 is 0 Å². The van der Waals surface area contributed by atoms with Gasteiger partial charge in [0.05, 0.1) is 6.04 Å². The van der Waals surface area contributed by atoms with E-state index in [1.54, 1.807) is 0 Å². The van der Waals surface area contributed by atoms with Crippen molar-refractivity contribution in [1.82, 2.24) is 10.1 Å². The fourth-order valence-electron chi connectivity index (χ4n) is 1.52. The minimum atomic E-state index is -0.126. The van der Waals surface area contributed by atoms with Crippen molar-refractivity contribution in [3.63, 3.8) is 0 Å². The summed E-state index contributed by atoms with van der Waals surface area (Å²) >= 11 is 0. The van der Waals surface area contributed by atoms with E-state index in [0.717, 1.165) is 25.1 Å². The zero-order valence-electron chi connectivity index (χ0n) is 9.66. The van der Waals surface area contributed by atoms with Gasteiger partial charge in [-0.3, -0.25) is 0 Å². The molecule has 84 valence electrons. The summed E-state index contributed by atoms with van der Waals surface area (Å²) in [6.45, 7) is 6.38. The smallest absolute Gasteiger partial charge is 0.243 e. The largest absolute Gasteiger partial charge is 0.338 e. The molecule has 0 bridgehead atoms. The molecule has 0 aliphatic heterocycles. The van der Waals surface area contributed by atoms with Gasteiger partial charge in [-0.05, 0) is 18.8 Å². The van der Waals surface area contributed by atoms with Gasteiger partial charge >= 0.3 is 0 Å². The normalized spacial score (nSPS) is 22.4. The van der Waals surface area contributed by atoms with E-state index in [1.807, 2.05) is 0 Å². The standard InChI is InChI=1S/C11H19N3O/c1-4-7(2)8(12)9-13-10(14-15-9)11(3)5-6-11/h7-8H,4-6,12H2,1-3H3/t7-,8-/m0/s1. The third-order valence-electron chi connectivity index (χ3n) is 3.52. The van der Waals surface area contributed by atoms with Gasteiger partial charge in [-0.15, -0.1) is 0 Å². The third-order valence-corrected chi connectivity index (χ3v) is 3.52. The molecule has 4 heteroatoms. The molecule has 15 heavy (non-hydrogen) atoms. The molecule has 1 aromatic rings. The average molecular weight is 209 g/mol. The first-order chi connectivity index (χ1) is 7.07. The summed E-state index contributed by atoms with van der Waals surface area (Å²) < 4.78 is 5.23. The Balaban J connectivity index is 2.13. The quantitative estimate of drug-likeness (QED) is 0.825. The Morgan fingerprint density at radius 2 is 2.20 bits per heavy atom. The lowest BCUT2D eigenvalue weighted by atomic mass is 10.0. The van der Waals surface area contributed by atoms with Crippen LogP contribution in [0, 0.1) is 5.92 Å². The van der Waals surface area contributed by atoms with Crippen LogP contribution in [0.25, 0.3) is 0 Å². The van der Waals surface area contributed by atoms with Crippen LogP contribution in [0.3, 0.4) is 0 Å². The summed E-state index contributed by atoms with van der Waals surface area (Å²) in [5.41, 5.74) is 6.19. The first-order valence-electron chi connectivity index (χ1n) is 5.66. The Hall–Kier alpha value is -0.900. The van der Waals surface area contributed by atoms with Gasteiger partial charge in [0.25, 0.3) is 0 Å². The van der Waals surface area contributed by atoms with Gasteiger partial charge in [0, 0.05) is 5.41 Å². The Labute approximate surface area is 90.2 Å². The zero-order valence-corrected chi connectivity index (χ0v) is 9.66. The predicted molar refractivity (Wildman–Crippen MR) is 57.3 cm³/mol. The molecule has 1 aliphatic carbocycles. The minimum Gasteiger partial charge on any atom is -0.338 e. The molecule has 1 saturated carbocycles. The third kappa shape index (κ3) is 1.91. The van der Waals surface area contributed by atoms with E-state index < -0.39 is 0 Å². The lowest BCUT2D eigenvalue weighted by Gasteiger charge is -2.13. The molecule has 0 saturated heterocycles. The summed E-state index contributed by atoms with van der Waals surface area (Å²) in [5.74, 6) is 1.80. The molecule has 0 amide bonds. The van der Waals surface area contributed by atoms with Crippen molar-refractivity contribution < 1.29 is 4.52 Å². The molecule has 2 rings (SSSR count). The van der Waals surface area contributed by atoms with Gasteiger partial charge in [0.1, 0.15) is 0 Å². The van der Waals surface area contributed by atoms with Crippen molar-refractivity contribution >= 4 is 0 Å². The zero-order chi connectivity index (χ0) is 11.1. The monoisotopic (exact) mass is 209 g/mol. The number of rotatable bonds is 4. The second-order valence-corrected chi connectivity index (χ2v) is 4.93. The highest BCUT2D eigenvalue weighted by Crippen LogP contribution is 2.46. The van der Waals surface area contributed by atoms with Crippen molar-refractivity contribution in [1.29, 1.82) is 0 Å². The highest BCUT2D eigenvalue weighted by molar-refractivity contribution is 5.14. The van der Waals surface area contributed by atoms with Crippen LogP contribution < -0.4 is 5.73 Å². The van der Waals surface area contributed by atoms with Crippen molar-refractivity contribution in [3.8, 4) is 0 Å². The van der Waals surface area contributed by atoms with E-state index in [-0.39, 0.29) is 11.5 Å². The summed E-state index contributed by atoms with van der Waals surface area (Å²) in [6, 6.07) is -0.126. The number of aromatic nitrogens is 2. The minimum absolute atomic E-state index is 0.126.